The Morgan fingerprint density at radius 1 is 1.36 bits per heavy atom. The van der Waals surface area contributed by atoms with E-state index in [-0.39, 0.29) is 5.91 Å². The van der Waals surface area contributed by atoms with E-state index in [1.807, 2.05) is 12.1 Å². The Balaban J connectivity index is 1.56. The number of aryl methyl sites for hydroxylation is 1. The summed E-state index contributed by atoms with van der Waals surface area (Å²) >= 11 is 0. The fraction of sp³-hybridized carbons (Fsp3) is 0.526. The minimum absolute atomic E-state index is 0.128. The SMILES string of the molecule is Cc1noc(-c2ccncc2)c1C(=O)NCCCN1CCCCC1C. The molecule has 0 saturated carbocycles. The van der Waals surface area contributed by atoms with Gasteiger partial charge in [0.15, 0.2) is 5.76 Å². The molecule has 1 aliphatic heterocycles. The van der Waals surface area contributed by atoms with Crippen molar-refractivity contribution in [1.82, 2.24) is 20.4 Å². The van der Waals surface area contributed by atoms with E-state index in [2.05, 4.69) is 27.3 Å². The Morgan fingerprint density at radius 2 is 2.16 bits per heavy atom. The fourth-order valence-electron chi connectivity index (χ4n) is 3.40. The van der Waals surface area contributed by atoms with Crippen LogP contribution in [0.4, 0.5) is 0 Å². The molecule has 6 nitrogen and oxygen atoms in total. The Morgan fingerprint density at radius 3 is 2.92 bits per heavy atom. The molecule has 0 aliphatic carbocycles. The van der Waals surface area contributed by atoms with Crippen LogP contribution in [0.1, 0.15) is 48.7 Å². The van der Waals surface area contributed by atoms with E-state index in [9.17, 15) is 4.79 Å². The van der Waals surface area contributed by atoms with Gasteiger partial charge in [-0.05, 0) is 51.8 Å². The van der Waals surface area contributed by atoms with Crippen LogP contribution in [0.2, 0.25) is 0 Å². The summed E-state index contributed by atoms with van der Waals surface area (Å²) in [5.41, 5.74) is 1.93. The molecule has 1 aliphatic rings. The lowest BCUT2D eigenvalue weighted by molar-refractivity contribution is 0.0948. The van der Waals surface area contributed by atoms with Crippen LogP contribution in [0.15, 0.2) is 29.0 Å². The molecule has 0 bridgehead atoms. The van der Waals surface area contributed by atoms with E-state index < -0.39 is 0 Å². The summed E-state index contributed by atoms with van der Waals surface area (Å²) < 4.78 is 5.37. The topological polar surface area (TPSA) is 71.3 Å². The number of carbonyl (C=O) groups excluding carboxylic acids is 1. The van der Waals surface area contributed by atoms with Crippen molar-refractivity contribution in [2.24, 2.45) is 0 Å². The summed E-state index contributed by atoms with van der Waals surface area (Å²) in [7, 11) is 0. The first-order chi connectivity index (χ1) is 12.2. The van der Waals surface area contributed by atoms with Crippen molar-refractivity contribution in [3.05, 3.63) is 35.8 Å². The summed E-state index contributed by atoms with van der Waals surface area (Å²) in [4.78, 5) is 19.1. The number of rotatable bonds is 6. The van der Waals surface area contributed by atoms with Crippen molar-refractivity contribution in [3.8, 4) is 11.3 Å². The Bertz CT molecular complexity index is 699. The highest BCUT2D eigenvalue weighted by Crippen LogP contribution is 2.25. The molecule has 1 fully saturated rings. The first kappa shape index (κ1) is 17.6. The molecule has 3 rings (SSSR count). The van der Waals surface area contributed by atoms with Gasteiger partial charge in [0.05, 0.1) is 5.69 Å². The number of nitrogens with zero attached hydrogens (tertiary/aromatic N) is 3. The van der Waals surface area contributed by atoms with Gasteiger partial charge in [0.2, 0.25) is 0 Å². The van der Waals surface area contributed by atoms with E-state index >= 15 is 0 Å². The number of piperidine rings is 1. The largest absolute Gasteiger partial charge is 0.355 e. The van der Waals surface area contributed by atoms with Crippen LogP contribution < -0.4 is 5.32 Å². The van der Waals surface area contributed by atoms with Crippen LogP contribution in [-0.4, -0.2) is 46.6 Å². The van der Waals surface area contributed by atoms with E-state index in [0.717, 1.165) is 18.5 Å². The van der Waals surface area contributed by atoms with Crippen LogP contribution in [0.25, 0.3) is 11.3 Å². The molecule has 0 radical (unpaired) electrons. The highest BCUT2D eigenvalue weighted by Gasteiger charge is 2.22. The average Bonchev–Trinajstić information content (AvgIpc) is 3.02. The van der Waals surface area contributed by atoms with E-state index in [4.69, 9.17) is 4.52 Å². The second-order valence-corrected chi connectivity index (χ2v) is 6.70. The maximum absolute atomic E-state index is 12.6. The number of hydrogen-bond donors (Lipinski definition) is 1. The van der Waals surface area contributed by atoms with E-state index in [1.54, 1.807) is 19.3 Å². The zero-order valence-electron chi connectivity index (χ0n) is 15.0. The number of aromatic nitrogens is 2. The lowest BCUT2D eigenvalue weighted by Gasteiger charge is -2.33. The van der Waals surface area contributed by atoms with Gasteiger partial charge in [-0.15, -0.1) is 0 Å². The number of carbonyl (C=O) groups is 1. The third-order valence-electron chi connectivity index (χ3n) is 4.88. The van der Waals surface area contributed by atoms with E-state index in [0.29, 0.717) is 29.6 Å². The summed E-state index contributed by atoms with van der Waals surface area (Å²) in [6.45, 7) is 6.94. The molecule has 0 aromatic carbocycles. The molecular weight excluding hydrogens is 316 g/mol. The Labute approximate surface area is 148 Å². The van der Waals surface area contributed by atoms with Gasteiger partial charge in [-0.25, -0.2) is 0 Å². The lowest BCUT2D eigenvalue weighted by atomic mass is 10.0. The molecule has 1 N–H and O–H groups in total. The van der Waals surface area contributed by atoms with Gasteiger partial charge in [0, 0.05) is 37.1 Å². The van der Waals surface area contributed by atoms with Crippen molar-refractivity contribution >= 4 is 5.91 Å². The van der Waals surface area contributed by atoms with Gasteiger partial charge in [-0.1, -0.05) is 11.6 Å². The Kier molecular flexibility index (Phi) is 5.81. The lowest BCUT2D eigenvalue weighted by Crippen LogP contribution is -2.39. The average molecular weight is 342 g/mol. The molecule has 1 saturated heterocycles. The molecule has 25 heavy (non-hydrogen) atoms. The second-order valence-electron chi connectivity index (χ2n) is 6.70. The van der Waals surface area contributed by atoms with Gasteiger partial charge in [0.25, 0.3) is 5.91 Å². The number of hydrogen-bond acceptors (Lipinski definition) is 5. The van der Waals surface area contributed by atoms with Crippen LogP contribution >= 0.6 is 0 Å². The summed E-state index contributed by atoms with van der Waals surface area (Å²) in [6.07, 6.45) is 8.20. The molecule has 1 amide bonds. The smallest absolute Gasteiger partial charge is 0.257 e. The molecule has 2 aromatic rings. The molecule has 3 heterocycles. The monoisotopic (exact) mass is 342 g/mol. The van der Waals surface area contributed by atoms with Crippen LogP contribution in [0, 0.1) is 6.92 Å². The normalized spacial score (nSPS) is 18.2. The van der Waals surface area contributed by atoms with Gasteiger partial charge in [-0.2, -0.15) is 0 Å². The second kappa shape index (κ2) is 8.25. The first-order valence-corrected chi connectivity index (χ1v) is 9.05. The van der Waals surface area contributed by atoms with Gasteiger partial charge < -0.3 is 14.7 Å². The minimum Gasteiger partial charge on any atom is -0.355 e. The summed E-state index contributed by atoms with van der Waals surface area (Å²) in [6, 6.07) is 4.28. The van der Waals surface area contributed by atoms with Crippen molar-refractivity contribution in [3.63, 3.8) is 0 Å². The van der Waals surface area contributed by atoms with Crippen molar-refractivity contribution < 1.29 is 9.32 Å². The quantitative estimate of drug-likeness (QED) is 0.817. The summed E-state index contributed by atoms with van der Waals surface area (Å²) in [5, 5.41) is 6.97. The van der Waals surface area contributed by atoms with Crippen LogP contribution in [0.3, 0.4) is 0 Å². The van der Waals surface area contributed by atoms with E-state index in [1.165, 1.54) is 25.8 Å². The first-order valence-electron chi connectivity index (χ1n) is 9.05. The Hall–Kier alpha value is -2.21. The van der Waals surface area contributed by atoms with Crippen molar-refractivity contribution in [2.75, 3.05) is 19.6 Å². The summed E-state index contributed by atoms with van der Waals surface area (Å²) in [5.74, 6) is 0.374. The zero-order valence-corrected chi connectivity index (χ0v) is 15.0. The third-order valence-corrected chi connectivity index (χ3v) is 4.88. The van der Waals surface area contributed by atoms with Gasteiger partial charge in [-0.3, -0.25) is 9.78 Å². The molecule has 1 atom stereocenters. The maximum Gasteiger partial charge on any atom is 0.257 e. The molecule has 1 unspecified atom stereocenters. The van der Waals surface area contributed by atoms with Crippen molar-refractivity contribution in [2.45, 2.75) is 45.6 Å². The molecular formula is C19H26N4O2. The minimum atomic E-state index is -0.128. The highest BCUT2D eigenvalue weighted by molar-refractivity contribution is 6.00. The van der Waals surface area contributed by atoms with Gasteiger partial charge in [0.1, 0.15) is 5.56 Å². The molecule has 2 aromatic heterocycles. The number of nitrogens with one attached hydrogen (secondary N) is 1. The molecule has 6 heteroatoms. The molecule has 134 valence electrons. The highest BCUT2D eigenvalue weighted by atomic mass is 16.5. The number of pyridine rings is 1. The maximum atomic E-state index is 12.6. The number of likely N-dealkylation sites (tertiary alicyclic amines) is 1. The van der Waals surface area contributed by atoms with Crippen molar-refractivity contribution in [1.29, 1.82) is 0 Å². The van der Waals surface area contributed by atoms with Crippen LogP contribution in [-0.2, 0) is 0 Å². The zero-order chi connectivity index (χ0) is 17.6. The van der Waals surface area contributed by atoms with Crippen LogP contribution in [0.5, 0.6) is 0 Å². The predicted molar refractivity (Wildman–Crippen MR) is 96.3 cm³/mol. The predicted octanol–water partition coefficient (Wildman–Crippen LogP) is 3.04. The number of amides is 1. The van der Waals surface area contributed by atoms with Gasteiger partial charge >= 0.3 is 0 Å². The standard InChI is InChI=1S/C19H26N4O2/c1-14-6-3-4-12-23(14)13-5-9-21-19(24)17-15(2)22-25-18(17)16-7-10-20-11-8-16/h7-8,10-11,14H,3-6,9,12-13H2,1-2H3,(H,21,24). The molecule has 0 spiro atoms. The fourth-order valence-corrected chi connectivity index (χ4v) is 3.40. The third kappa shape index (κ3) is 4.25.